The number of H-pyrrole nitrogens is 1. The number of carboxylic acid groups (broad SMARTS) is 1. The first-order valence-corrected chi connectivity index (χ1v) is 4.52. The molecule has 2 N–H and O–H groups in total. The molecule has 0 unspecified atom stereocenters. The maximum Gasteiger partial charge on any atom is 0.331 e. The van der Waals surface area contributed by atoms with Gasteiger partial charge in [-0.05, 0) is 17.7 Å². The second kappa shape index (κ2) is 2.66. The van der Waals surface area contributed by atoms with Gasteiger partial charge in [0.25, 0.3) is 0 Å². The van der Waals surface area contributed by atoms with E-state index in [1.807, 2.05) is 0 Å². The summed E-state index contributed by atoms with van der Waals surface area (Å²) in [7, 11) is 0. The first-order chi connectivity index (χ1) is 7.25. The van der Waals surface area contributed by atoms with Gasteiger partial charge in [-0.25, -0.2) is 4.79 Å². The van der Waals surface area contributed by atoms with E-state index in [2.05, 4.69) is 15.2 Å². The summed E-state index contributed by atoms with van der Waals surface area (Å²) in [6.07, 6.45) is 5.47. The van der Waals surface area contributed by atoms with Crippen LogP contribution in [0.5, 0.6) is 0 Å². The van der Waals surface area contributed by atoms with Gasteiger partial charge >= 0.3 is 5.97 Å². The Balaban J connectivity index is 2.21. The van der Waals surface area contributed by atoms with Gasteiger partial charge in [-0.15, -0.1) is 5.10 Å². The summed E-state index contributed by atoms with van der Waals surface area (Å²) in [6, 6.07) is 0. The summed E-state index contributed by atoms with van der Waals surface area (Å²) in [6.45, 7) is 0. The van der Waals surface area contributed by atoms with E-state index in [0.717, 1.165) is 22.0 Å². The average molecular weight is 201 g/mol. The number of carbonyl (C=O) groups is 1. The quantitative estimate of drug-likeness (QED) is 0.632. The Hall–Kier alpha value is -2.17. The van der Waals surface area contributed by atoms with Crippen LogP contribution in [0.3, 0.4) is 0 Å². The number of hydrogen-bond donors (Lipinski definition) is 2. The van der Waals surface area contributed by atoms with Crippen LogP contribution in [0, 0.1) is 0 Å². The molecule has 0 aromatic carbocycles. The van der Waals surface area contributed by atoms with Crippen LogP contribution in [0.25, 0.3) is 6.08 Å². The summed E-state index contributed by atoms with van der Waals surface area (Å²) in [5.41, 5.74) is 2.99. The third kappa shape index (κ3) is 1.06. The molecule has 5 nitrogen and oxygen atoms in total. The minimum atomic E-state index is -0.876. The van der Waals surface area contributed by atoms with E-state index < -0.39 is 5.97 Å². The minimum absolute atomic E-state index is 0.393. The zero-order valence-electron chi connectivity index (χ0n) is 7.69. The monoisotopic (exact) mass is 201 g/mol. The lowest BCUT2D eigenvalue weighted by Gasteiger charge is -2.04. The maximum absolute atomic E-state index is 10.8. The standard InChI is InChI=1S/C10H7N3O2/c14-10(15)5-1-2-8-6(3-5)7-4-11-13-9(7)12-8/h1-2,4H,3H2,(H,12,13)(H,14,15). The van der Waals surface area contributed by atoms with E-state index in [0.29, 0.717) is 12.0 Å². The predicted molar refractivity (Wildman–Crippen MR) is 53.1 cm³/mol. The molecule has 1 aromatic rings. The molecule has 1 aliphatic heterocycles. The van der Waals surface area contributed by atoms with Gasteiger partial charge in [0.1, 0.15) is 0 Å². The van der Waals surface area contributed by atoms with Crippen LogP contribution in [0.2, 0.25) is 0 Å². The molecule has 0 saturated heterocycles. The second-order valence-corrected chi connectivity index (χ2v) is 3.46. The lowest BCUT2D eigenvalue weighted by atomic mass is 9.99. The average Bonchev–Trinajstić information content (AvgIpc) is 2.75. The summed E-state index contributed by atoms with van der Waals surface area (Å²) >= 11 is 0. The molecule has 74 valence electrons. The van der Waals surface area contributed by atoms with Crippen LogP contribution < -0.4 is 10.8 Å². The fourth-order valence-electron chi connectivity index (χ4n) is 1.83. The van der Waals surface area contributed by atoms with E-state index in [1.165, 1.54) is 0 Å². The van der Waals surface area contributed by atoms with Crippen LogP contribution in [0.15, 0.2) is 21.9 Å². The topological polar surface area (TPSA) is 77.8 Å². The van der Waals surface area contributed by atoms with Gasteiger partial charge in [-0.3, -0.25) is 0 Å². The Kier molecular flexibility index (Phi) is 1.45. The van der Waals surface area contributed by atoms with Crippen molar-refractivity contribution < 1.29 is 9.90 Å². The highest BCUT2D eigenvalue weighted by Crippen LogP contribution is 2.11. The van der Waals surface area contributed by atoms with Crippen molar-refractivity contribution in [3.05, 3.63) is 33.6 Å². The molecule has 0 spiro atoms. The fourth-order valence-corrected chi connectivity index (χ4v) is 1.83. The van der Waals surface area contributed by atoms with Gasteiger partial charge < -0.3 is 10.1 Å². The number of carboxylic acids is 1. The van der Waals surface area contributed by atoms with Crippen molar-refractivity contribution in [2.24, 2.45) is 10.2 Å². The molecule has 0 radical (unpaired) electrons. The number of allylic oxidation sites excluding steroid dienone is 1. The molecule has 0 amide bonds. The summed E-state index contributed by atoms with van der Waals surface area (Å²) < 4.78 is 0. The van der Waals surface area contributed by atoms with E-state index in [4.69, 9.17) is 5.11 Å². The predicted octanol–water partition coefficient (Wildman–Crippen LogP) is -0.671. The van der Waals surface area contributed by atoms with Gasteiger partial charge in [0.15, 0.2) is 5.49 Å². The third-order valence-electron chi connectivity index (χ3n) is 2.60. The highest BCUT2D eigenvalue weighted by atomic mass is 16.4. The summed E-state index contributed by atoms with van der Waals surface area (Å²) in [4.78, 5) is 13.9. The molecule has 2 aliphatic rings. The highest BCUT2D eigenvalue weighted by molar-refractivity contribution is 5.91. The van der Waals surface area contributed by atoms with E-state index >= 15 is 0 Å². The van der Waals surface area contributed by atoms with Crippen molar-refractivity contribution in [2.45, 2.75) is 6.42 Å². The Morgan fingerprint density at radius 2 is 2.33 bits per heavy atom. The van der Waals surface area contributed by atoms with Gasteiger partial charge in [-0.1, -0.05) is 0 Å². The van der Waals surface area contributed by atoms with Gasteiger partial charge in [0, 0.05) is 22.9 Å². The zero-order valence-corrected chi connectivity index (χ0v) is 7.69. The molecule has 0 atom stereocenters. The SMILES string of the molecule is O=C(O)C1=CC=c2[nH]c3c(c2C1)C=NN=3. The van der Waals surface area contributed by atoms with Gasteiger partial charge in [0.2, 0.25) is 0 Å². The molecule has 2 heterocycles. The molecule has 1 aliphatic carbocycles. The summed E-state index contributed by atoms with van der Waals surface area (Å²) in [5.74, 6) is -0.876. The highest BCUT2D eigenvalue weighted by Gasteiger charge is 2.18. The number of aromatic amines is 1. The van der Waals surface area contributed by atoms with Gasteiger partial charge in [0.05, 0.1) is 6.21 Å². The minimum Gasteiger partial charge on any atom is -0.478 e. The number of rotatable bonds is 1. The first kappa shape index (κ1) is 8.16. The van der Waals surface area contributed by atoms with Crippen LogP contribution in [0.4, 0.5) is 0 Å². The molecular formula is C10H7N3O2. The van der Waals surface area contributed by atoms with Crippen LogP contribution >= 0.6 is 0 Å². The number of nitrogens with one attached hydrogen (secondary N) is 1. The number of aliphatic carboxylic acids is 1. The molecule has 0 saturated carbocycles. The smallest absolute Gasteiger partial charge is 0.331 e. The molecule has 1 aromatic heterocycles. The maximum atomic E-state index is 10.8. The number of nitrogens with zero attached hydrogens (tertiary/aromatic N) is 2. The van der Waals surface area contributed by atoms with Gasteiger partial charge in [-0.2, -0.15) is 5.10 Å². The number of hydrogen-bond acceptors (Lipinski definition) is 3. The lowest BCUT2D eigenvalue weighted by Crippen LogP contribution is -2.17. The number of fused-ring (bicyclic) bond motifs is 3. The lowest BCUT2D eigenvalue weighted by molar-refractivity contribution is -0.132. The Morgan fingerprint density at radius 3 is 3.13 bits per heavy atom. The molecule has 3 rings (SSSR count). The molecule has 15 heavy (non-hydrogen) atoms. The van der Waals surface area contributed by atoms with E-state index in [9.17, 15) is 4.79 Å². The normalized spacial score (nSPS) is 16.1. The molecule has 0 bridgehead atoms. The second-order valence-electron chi connectivity index (χ2n) is 3.46. The van der Waals surface area contributed by atoms with Crippen LogP contribution in [-0.2, 0) is 11.2 Å². The van der Waals surface area contributed by atoms with Crippen molar-refractivity contribution in [2.75, 3.05) is 0 Å². The Bertz CT molecular complexity index is 634. The van der Waals surface area contributed by atoms with Crippen LogP contribution in [0.1, 0.15) is 11.1 Å². The van der Waals surface area contributed by atoms with E-state index in [-0.39, 0.29) is 0 Å². The largest absolute Gasteiger partial charge is 0.478 e. The first-order valence-electron chi connectivity index (χ1n) is 4.52. The van der Waals surface area contributed by atoms with Crippen molar-refractivity contribution in [3.8, 4) is 0 Å². The van der Waals surface area contributed by atoms with Crippen molar-refractivity contribution in [1.29, 1.82) is 0 Å². The van der Waals surface area contributed by atoms with E-state index in [1.54, 1.807) is 18.4 Å². The number of aromatic nitrogens is 1. The van der Waals surface area contributed by atoms with Crippen molar-refractivity contribution in [3.63, 3.8) is 0 Å². The Labute approximate surface area is 84.2 Å². The summed E-state index contributed by atoms with van der Waals surface area (Å²) in [5, 5.41) is 17.5. The Morgan fingerprint density at radius 1 is 1.47 bits per heavy atom. The molecule has 5 heteroatoms. The van der Waals surface area contributed by atoms with Crippen molar-refractivity contribution >= 4 is 18.3 Å². The fraction of sp³-hybridized carbons (Fsp3) is 0.100. The van der Waals surface area contributed by atoms with Crippen molar-refractivity contribution in [1.82, 2.24) is 4.98 Å². The molecular weight excluding hydrogens is 194 g/mol. The van der Waals surface area contributed by atoms with Crippen LogP contribution in [-0.4, -0.2) is 22.3 Å². The third-order valence-corrected chi connectivity index (χ3v) is 2.60. The molecule has 0 fully saturated rings. The zero-order chi connectivity index (χ0) is 10.4.